The molecule has 0 bridgehead atoms. The van der Waals surface area contributed by atoms with Crippen molar-refractivity contribution >= 4 is 0 Å². The molecule has 1 aliphatic rings. The zero-order valence-electron chi connectivity index (χ0n) is 12.1. The van der Waals surface area contributed by atoms with Crippen molar-refractivity contribution < 1.29 is 10.2 Å². The molecule has 1 rings (SSSR count). The second kappa shape index (κ2) is 8.89. The van der Waals surface area contributed by atoms with Crippen LogP contribution in [0, 0.1) is 11.8 Å². The van der Waals surface area contributed by atoms with Crippen molar-refractivity contribution in [1.82, 2.24) is 4.90 Å². The summed E-state index contributed by atoms with van der Waals surface area (Å²) in [5, 5.41) is 18.8. The van der Waals surface area contributed by atoms with Crippen LogP contribution in [0.1, 0.15) is 51.9 Å². The van der Waals surface area contributed by atoms with E-state index in [1.54, 1.807) is 0 Å². The van der Waals surface area contributed by atoms with Gasteiger partial charge in [0.25, 0.3) is 0 Å². The van der Waals surface area contributed by atoms with Crippen molar-refractivity contribution in [3.8, 4) is 0 Å². The quantitative estimate of drug-likeness (QED) is 0.656. The first-order valence-electron chi connectivity index (χ1n) is 7.64. The van der Waals surface area contributed by atoms with E-state index in [4.69, 9.17) is 5.11 Å². The number of aliphatic hydroxyl groups excluding tert-OH is 2. The van der Waals surface area contributed by atoms with Crippen LogP contribution in [0.2, 0.25) is 0 Å². The largest absolute Gasteiger partial charge is 0.396 e. The first-order chi connectivity index (χ1) is 8.67. The minimum absolute atomic E-state index is 0.0901. The second-order valence-electron chi connectivity index (χ2n) is 5.96. The molecule has 108 valence electrons. The van der Waals surface area contributed by atoms with Gasteiger partial charge < -0.3 is 15.1 Å². The lowest BCUT2D eigenvalue weighted by molar-refractivity contribution is 0.0307. The highest BCUT2D eigenvalue weighted by Gasteiger charge is 2.28. The fourth-order valence-corrected chi connectivity index (χ4v) is 3.07. The molecule has 0 amide bonds. The van der Waals surface area contributed by atoms with Crippen LogP contribution in [0.4, 0.5) is 0 Å². The van der Waals surface area contributed by atoms with Crippen LogP contribution in [-0.4, -0.2) is 48.0 Å². The molecule has 18 heavy (non-hydrogen) atoms. The SMILES string of the molecule is CCC1CCC(O)C(CN(C)CCCCCO)C1. The first kappa shape index (κ1) is 15.9. The molecule has 0 aromatic carbocycles. The van der Waals surface area contributed by atoms with Crippen molar-refractivity contribution in [1.29, 1.82) is 0 Å². The van der Waals surface area contributed by atoms with Crippen LogP contribution < -0.4 is 0 Å². The summed E-state index contributed by atoms with van der Waals surface area (Å²) in [7, 11) is 2.15. The molecule has 1 aliphatic carbocycles. The molecule has 3 atom stereocenters. The Morgan fingerprint density at radius 2 is 1.94 bits per heavy atom. The van der Waals surface area contributed by atoms with E-state index in [1.165, 1.54) is 19.3 Å². The van der Waals surface area contributed by atoms with Gasteiger partial charge >= 0.3 is 0 Å². The van der Waals surface area contributed by atoms with Gasteiger partial charge in [-0.15, -0.1) is 0 Å². The topological polar surface area (TPSA) is 43.7 Å². The third kappa shape index (κ3) is 5.68. The monoisotopic (exact) mass is 257 g/mol. The average molecular weight is 257 g/mol. The fourth-order valence-electron chi connectivity index (χ4n) is 3.07. The molecular weight excluding hydrogens is 226 g/mol. The predicted molar refractivity (Wildman–Crippen MR) is 75.6 cm³/mol. The Balaban J connectivity index is 2.22. The minimum atomic E-state index is -0.0901. The maximum atomic E-state index is 10.1. The molecule has 0 heterocycles. The van der Waals surface area contributed by atoms with Crippen LogP contribution >= 0.6 is 0 Å². The fraction of sp³-hybridized carbons (Fsp3) is 1.00. The molecule has 0 saturated heterocycles. The van der Waals surface area contributed by atoms with E-state index >= 15 is 0 Å². The highest BCUT2D eigenvalue weighted by molar-refractivity contribution is 4.81. The van der Waals surface area contributed by atoms with Crippen LogP contribution in [0.25, 0.3) is 0 Å². The molecule has 0 radical (unpaired) electrons. The van der Waals surface area contributed by atoms with Gasteiger partial charge in [-0.25, -0.2) is 0 Å². The number of hydrogen-bond acceptors (Lipinski definition) is 3. The number of nitrogens with zero attached hydrogens (tertiary/aromatic N) is 1. The van der Waals surface area contributed by atoms with Crippen LogP contribution in [0.15, 0.2) is 0 Å². The molecule has 3 nitrogen and oxygen atoms in total. The molecule has 0 aliphatic heterocycles. The van der Waals surface area contributed by atoms with Gasteiger partial charge in [0.1, 0.15) is 0 Å². The van der Waals surface area contributed by atoms with Crippen LogP contribution in [0.3, 0.4) is 0 Å². The van der Waals surface area contributed by atoms with Crippen LogP contribution in [0.5, 0.6) is 0 Å². The highest BCUT2D eigenvalue weighted by Crippen LogP contribution is 2.31. The number of unbranched alkanes of at least 4 members (excludes halogenated alkanes) is 2. The Bertz CT molecular complexity index is 211. The zero-order valence-corrected chi connectivity index (χ0v) is 12.1. The molecular formula is C15H31NO2. The lowest BCUT2D eigenvalue weighted by atomic mass is 9.78. The van der Waals surface area contributed by atoms with Crippen molar-refractivity contribution in [2.24, 2.45) is 11.8 Å². The van der Waals surface area contributed by atoms with Gasteiger partial charge in [0, 0.05) is 13.2 Å². The standard InChI is InChI=1S/C15H31NO2/c1-3-13-7-8-15(18)14(11-13)12-16(2)9-5-4-6-10-17/h13-15,17-18H,3-12H2,1-2H3. The Hall–Kier alpha value is -0.120. The second-order valence-corrected chi connectivity index (χ2v) is 5.96. The van der Waals surface area contributed by atoms with E-state index in [1.807, 2.05) is 0 Å². The Labute approximate surface area is 112 Å². The Morgan fingerprint density at radius 3 is 2.61 bits per heavy atom. The van der Waals surface area contributed by atoms with Gasteiger partial charge in [-0.1, -0.05) is 13.3 Å². The molecule has 0 aromatic heterocycles. The smallest absolute Gasteiger partial charge is 0.0580 e. The summed E-state index contributed by atoms with van der Waals surface area (Å²) in [6.07, 6.45) is 7.71. The average Bonchev–Trinajstić information content (AvgIpc) is 2.37. The summed E-state index contributed by atoms with van der Waals surface area (Å²) < 4.78 is 0. The van der Waals surface area contributed by atoms with Gasteiger partial charge in [-0.05, 0) is 64.0 Å². The van der Waals surface area contributed by atoms with Crippen molar-refractivity contribution in [3.05, 3.63) is 0 Å². The lowest BCUT2D eigenvalue weighted by Crippen LogP contribution is -2.37. The van der Waals surface area contributed by atoms with E-state index in [9.17, 15) is 5.11 Å². The van der Waals surface area contributed by atoms with Crippen LogP contribution in [-0.2, 0) is 0 Å². The number of rotatable bonds is 8. The minimum Gasteiger partial charge on any atom is -0.396 e. The predicted octanol–water partition coefficient (Wildman–Crippen LogP) is 2.27. The Kier molecular flexibility index (Phi) is 7.87. The Morgan fingerprint density at radius 1 is 1.17 bits per heavy atom. The summed E-state index contributed by atoms with van der Waals surface area (Å²) in [5.74, 6) is 1.28. The van der Waals surface area contributed by atoms with E-state index in [0.717, 1.165) is 44.7 Å². The molecule has 3 heteroatoms. The lowest BCUT2D eigenvalue weighted by Gasteiger charge is -2.35. The van der Waals surface area contributed by atoms with E-state index in [0.29, 0.717) is 12.5 Å². The molecule has 3 unspecified atom stereocenters. The molecule has 1 saturated carbocycles. The zero-order chi connectivity index (χ0) is 13.4. The summed E-state index contributed by atoms with van der Waals surface area (Å²) in [6.45, 7) is 4.68. The van der Waals surface area contributed by atoms with E-state index in [2.05, 4.69) is 18.9 Å². The van der Waals surface area contributed by atoms with Gasteiger partial charge in [0.2, 0.25) is 0 Å². The van der Waals surface area contributed by atoms with Gasteiger partial charge in [-0.2, -0.15) is 0 Å². The summed E-state index contributed by atoms with van der Waals surface area (Å²) >= 11 is 0. The third-order valence-electron chi connectivity index (χ3n) is 4.37. The van der Waals surface area contributed by atoms with Gasteiger partial charge in [-0.3, -0.25) is 0 Å². The molecule has 1 fully saturated rings. The number of aliphatic hydroxyl groups is 2. The number of hydrogen-bond donors (Lipinski definition) is 2. The van der Waals surface area contributed by atoms with Crippen molar-refractivity contribution in [2.45, 2.75) is 58.0 Å². The summed E-state index contributed by atoms with van der Waals surface area (Å²) in [6, 6.07) is 0. The van der Waals surface area contributed by atoms with E-state index in [-0.39, 0.29) is 6.10 Å². The van der Waals surface area contributed by atoms with E-state index < -0.39 is 0 Å². The van der Waals surface area contributed by atoms with Gasteiger partial charge in [0.15, 0.2) is 0 Å². The maximum absolute atomic E-state index is 10.1. The first-order valence-corrected chi connectivity index (χ1v) is 7.64. The summed E-state index contributed by atoms with van der Waals surface area (Å²) in [5.41, 5.74) is 0. The normalized spacial score (nSPS) is 28.8. The summed E-state index contributed by atoms with van der Waals surface area (Å²) in [4.78, 5) is 2.35. The van der Waals surface area contributed by atoms with Crippen molar-refractivity contribution in [2.75, 3.05) is 26.7 Å². The molecule has 2 N–H and O–H groups in total. The van der Waals surface area contributed by atoms with Gasteiger partial charge in [0.05, 0.1) is 6.10 Å². The van der Waals surface area contributed by atoms with Crippen molar-refractivity contribution in [3.63, 3.8) is 0 Å². The maximum Gasteiger partial charge on any atom is 0.0580 e. The third-order valence-corrected chi connectivity index (χ3v) is 4.37. The molecule has 0 aromatic rings. The highest BCUT2D eigenvalue weighted by atomic mass is 16.3. The molecule has 0 spiro atoms.